The standard InChI is InChI=1S/C14H25NO4.C2H4O2/c1-2-6-13(16)18-9-10-19-14(17)15-11-12-7-4-3-5-8-12;1-2(3)4/h12H,2-11H2,1H3,(H,15,17);1H3,(H,3,4). The molecule has 1 fully saturated rings. The molecule has 0 aromatic carbocycles. The molecule has 1 rings (SSSR count). The maximum atomic E-state index is 11.4. The summed E-state index contributed by atoms with van der Waals surface area (Å²) < 4.78 is 9.82. The number of aliphatic carboxylic acids is 1. The lowest BCUT2D eigenvalue weighted by Gasteiger charge is -2.21. The van der Waals surface area contributed by atoms with Gasteiger partial charge in [0, 0.05) is 19.9 Å². The first-order valence-electron chi connectivity index (χ1n) is 8.21. The first-order valence-corrected chi connectivity index (χ1v) is 8.21. The predicted octanol–water partition coefficient (Wildman–Crippen LogP) is 2.73. The number of rotatable bonds is 7. The Morgan fingerprint density at radius 2 is 1.65 bits per heavy atom. The van der Waals surface area contributed by atoms with Crippen LogP contribution < -0.4 is 5.32 Å². The summed E-state index contributed by atoms with van der Waals surface area (Å²) in [5, 5.41) is 10.2. The first-order chi connectivity index (χ1) is 11.0. The molecule has 0 bridgehead atoms. The number of alkyl carbamates (subject to hydrolysis) is 1. The van der Waals surface area contributed by atoms with Gasteiger partial charge in [-0.3, -0.25) is 9.59 Å². The van der Waals surface area contributed by atoms with Crippen molar-refractivity contribution in [1.82, 2.24) is 5.32 Å². The van der Waals surface area contributed by atoms with Crippen LogP contribution in [0.25, 0.3) is 0 Å². The van der Waals surface area contributed by atoms with Crippen LogP contribution in [-0.2, 0) is 19.1 Å². The summed E-state index contributed by atoms with van der Waals surface area (Å²) in [5.41, 5.74) is 0. The average molecular weight is 331 g/mol. The fourth-order valence-corrected chi connectivity index (χ4v) is 2.24. The van der Waals surface area contributed by atoms with Gasteiger partial charge in [-0.15, -0.1) is 0 Å². The number of hydrogen-bond acceptors (Lipinski definition) is 5. The van der Waals surface area contributed by atoms with E-state index < -0.39 is 12.1 Å². The molecule has 0 unspecified atom stereocenters. The molecule has 1 amide bonds. The molecule has 0 atom stereocenters. The van der Waals surface area contributed by atoms with Crippen LogP contribution in [0, 0.1) is 5.92 Å². The van der Waals surface area contributed by atoms with Crippen molar-refractivity contribution in [2.75, 3.05) is 19.8 Å². The van der Waals surface area contributed by atoms with E-state index in [1.54, 1.807) is 0 Å². The Kier molecular flexibility index (Phi) is 12.8. The minimum atomic E-state index is -0.833. The molecule has 0 saturated heterocycles. The van der Waals surface area contributed by atoms with Crippen LogP contribution in [0.15, 0.2) is 0 Å². The quantitative estimate of drug-likeness (QED) is 0.549. The highest BCUT2D eigenvalue weighted by Crippen LogP contribution is 2.22. The molecular formula is C16H29NO6. The van der Waals surface area contributed by atoms with E-state index in [9.17, 15) is 9.59 Å². The maximum Gasteiger partial charge on any atom is 0.407 e. The molecule has 7 heteroatoms. The number of ether oxygens (including phenoxy) is 2. The van der Waals surface area contributed by atoms with Gasteiger partial charge in [-0.1, -0.05) is 26.2 Å². The first kappa shape index (κ1) is 21.2. The summed E-state index contributed by atoms with van der Waals surface area (Å²) in [7, 11) is 0. The number of amides is 1. The molecule has 0 spiro atoms. The van der Waals surface area contributed by atoms with Crippen LogP contribution in [0.2, 0.25) is 0 Å². The molecule has 2 N–H and O–H groups in total. The smallest absolute Gasteiger partial charge is 0.407 e. The fraction of sp³-hybridized carbons (Fsp3) is 0.812. The van der Waals surface area contributed by atoms with Crippen molar-refractivity contribution in [2.24, 2.45) is 5.92 Å². The molecule has 23 heavy (non-hydrogen) atoms. The molecule has 134 valence electrons. The highest BCUT2D eigenvalue weighted by atomic mass is 16.6. The summed E-state index contributed by atoms with van der Waals surface area (Å²) in [5.74, 6) is -0.489. The average Bonchev–Trinajstić information content (AvgIpc) is 2.50. The van der Waals surface area contributed by atoms with E-state index >= 15 is 0 Å². The van der Waals surface area contributed by atoms with Gasteiger partial charge in [0.1, 0.15) is 13.2 Å². The third kappa shape index (κ3) is 14.9. The number of carboxylic acids is 1. The maximum absolute atomic E-state index is 11.4. The Balaban J connectivity index is 0.00000108. The van der Waals surface area contributed by atoms with E-state index in [1.807, 2.05) is 6.92 Å². The Labute approximate surface area is 137 Å². The van der Waals surface area contributed by atoms with Gasteiger partial charge in [0.25, 0.3) is 5.97 Å². The molecule has 0 radical (unpaired) electrons. The minimum Gasteiger partial charge on any atom is -0.481 e. The van der Waals surface area contributed by atoms with Crippen molar-refractivity contribution in [3.8, 4) is 0 Å². The molecule has 1 aliphatic carbocycles. The lowest BCUT2D eigenvalue weighted by atomic mass is 9.89. The van der Waals surface area contributed by atoms with Crippen LogP contribution in [0.3, 0.4) is 0 Å². The largest absolute Gasteiger partial charge is 0.481 e. The Bertz CT molecular complexity index is 348. The van der Waals surface area contributed by atoms with Crippen LogP contribution >= 0.6 is 0 Å². The molecule has 7 nitrogen and oxygen atoms in total. The van der Waals surface area contributed by atoms with Gasteiger partial charge in [0.15, 0.2) is 0 Å². The molecule has 1 saturated carbocycles. The molecule has 1 aliphatic rings. The van der Waals surface area contributed by atoms with Gasteiger partial charge in [-0.05, 0) is 25.2 Å². The van der Waals surface area contributed by atoms with Gasteiger partial charge in [-0.25, -0.2) is 4.79 Å². The van der Waals surface area contributed by atoms with Crippen molar-refractivity contribution in [3.63, 3.8) is 0 Å². The van der Waals surface area contributed by atoms with Crippen molar-refractivity contribution in [2.45, 2.75) is 58.8 Å². The Morgan fingerprint density at radius 3 is 2.22 bits per heavy atom. The summed E-state index contributed by atoms with van der Waals surface area (Å²) in [6.45, 7) is 3.94. The van der Waals surface area contributed by atoms with E-state index in [0.29, 0.717) is 18.9 Å². The predicted molar refractivity (Wildman–Crippen MR) is 85.1 cm³/mol. The minimum absolute atomic E-state index is 0.117. The lowest BCUT2D eigenvalue weighted by molar-refractivity contribution is -0.144. The number of nitrogens with one attached hydrogen (secondary N) is 1. The number of esters is 1. The van der Waals surface area contributed by atoms with E-state index in [-0.39, 0.29) is 19.2 Å². The SMILES string of the molecule is CC(=O)O.CCCC(=O)OCCOC(=O)NCC1CCCCC1. The molecule has 0 heterocycles. The van der Waals surface area contributed by atoms with Gasteiger partial charge in [0.2, 0.25) is 0 Å². The molecule has 0 aromatic rings. The van der Waals surface area contributed by atoms with Gasteiger partial charge in [-0.2, -0.15) is 0 Å². The van der Waals surface area contributed by atoms with Crippen molar-refractivity contribution in [3.05, 3.63) is 0 Å². The zero-order valence-electron chi connectivity index (χ0n) is 14.1. The van der Waals surface area contributed by atoms with Gasteiger partial charge in [0.05, 0.1) is 0 Å². The number of carboxylic acid groups (broad SMARTS) is 1. The summed E-state index contributed by atoms with van der Waals surface area (Å²) >= 11 is 0. The van der Waals surface area contributed by atoms with E-state index in [0.717, 1.165) is 13.3 Å². The zero-order chi connectivity index (χ0) is 17.5. The highest BCUT2D eigenvalue weighted by molar-refractivity contribution is 5.69. The number of hydrogen-bond donors (Lipinski definition) is 2. The normalized spacial score (nSPS) is 14.2. The van der Waals surface area contributed by atoms with Crippen LogP contribution in [-0.4, -0.2) is 42.9 Å². The van der Waals surface area contributed by atoms with E-state index in [2.05, 4.69) is 5.32 Å². The van der Waals surface area contributed by atoms with Crippen LogP contribution in [0.5, 0.6) is 0 Å². The second-order valence-electron chi connectivity index (χ2n) is 5.51. The molecule has 0 aromatic heterocycles. The second-order valence-corrected chi connectivity index (χ2v) is 5.51. The molecular weight excluding hydrogens is 302 g/mol. The monoisotopic (exact) mass is 331 g/mol. The van der Waals surface area contributed by atoms with Gasteiger partial charge >= 0.3 is 12.1 Å². The second kappa shape index (κ2) is 13.8. The third-order valence-corrected chi connectivity index (χ3v) is 3.29. The number of carbonyl (C=O) groups excluding carboxylic acids is 2. The highest BCUT2D eigenvalue weighted by Gasteiger charge is 2.14. The number of carbonyl (C=O) groups is 3. The lowest BCUT2D eigenvalue weighted by Crippen LogP contribution is -2.31. The van der Waals surface area contributed by atoms with E-state index in [4.69, 9.17) is 19.4 Å². The Hall–Kier alpha value is -1.79. The third-order valence-electron chi connectivity index (χ3n) is 3.29. The van der Waals surface area contributed by atoms with Crippen LogP contribution in [0.1, 0.15) is 58.8 Å². The summed E-state index contributed by atoms with van der Waals surface area (Å²) in [6, 6.07) is 0. The fourth-order valence-electron chi connectivity index (χ4n) is 2.24. The Morgan fingerprint density at radius 1 is 1.09 bits per heavy atom. The van der Waals surface area contributed by atoms with E-state index in [1.165, 1.54) is 32.1 Å². The zero-order valence-corrected chi connectivity index (χ0v) is 14.1. The van der Waals surface area contributed by atoms with Crippen LogP contribution in [0.4, 0.5) is 4.79 Å². The molecule has 0 aliphatic heterocycles. The topological polar surface area (TPSA) is 102 Å². The van der Waals surface area contributed by atoms with Gasteiger partial charge < -0.3 is 19.9 Å². The van der Waals surface area contributed by atoms with Crippen molar-refractivity contribution < 1.29 is 29.0 Å². The summed E-state index contributed by atoms with van der Waals surface area (Å²) in [6.07, 6.45) is 6.96. The van der Waals surface area contributed by atoms with Crippen molar-refractivity contribution in [1.29, 1.82) is 0 Å². The van der Waals surface area contributed by atoms with Crippen molar-refractivity contribution >= 4 is 18.0 Å². The summed E-state index contributed by atoms with van der Waals surface area (Å²) in [4.78, 5) is 31.4.